The molecule has 1 saturated heterocycles. The van der Waals surface area contributed by atoms with Crippen molar-refractivity contribution < 1.29 is 13.9 Å². The molecule has 3 rings (SSSR count). The molecule has 31 heavy (non-hydrogen) atoms. The zero-order valence-electron chi connectivity index (χ0n) is 18.6. The van der Waals surface area contributed by atoms with Crippen molar-refractivity contribution in [3.05, 3.63) is 70.5 Å². The van der Waals surface area contributed by atoms with Crippen molar-refractivity contribution in [1.29, 1.82) is 0 Å². The van der Waals surface area contributed by atoms with Crippen LogP contribution in [-0.2, 0) is 16.1 Å². The molecule has 0 radical (unpaired) electrons. The molecule has 2 aromatic rings. The average Bonchev–Trinajstić information content (AvgIpc) is 3.12. The Morgan fingerprint density at radius 3 is 2.55 bits per heavy atom. The van der Waals surface area contributed by atoms with Gasteiger partial charge in [0, 0.05) is 50.8 Å². The van der Waals surface area contributed by atoms with E-state index in [1.807, 2.05) is 35.2 Å². The summed E-state index contributed by atoms with van der Waals surface area (Å²) >= 11 is 6.39. The fourth-order valence-corrected chi connectivity index (χ4v) is 4.64. The molecule has 0 N–H and O–H groups in total. The summed E-state index contributed by atoms with van der Waals surface area (Å²) in [5.74, 6) is 0.604. The van der Waals surface area contributed by atoms with Gasteiger partial charge in [-0.25, -0.2) is 4.39 Å². The number of amides is 1. The van der Waals surface area contributed by atoms with Gasteiger partial charge >= 0.3 is 0 Å². The van der Waals surface area contributed by atoms with Gasteiger partial charge in [-0.2, -0.15) is 0 Å². The topological polar surface area (TPSA) is 32.8 Å². The number of methoxy groups -OCH3 is 1. The lowest BCUT2D eigenvalue weighted by atomic mass is 9.88. The van der Waals surface area contributed by atoms with E-state index in [1.54, 1.807) is 7.11 Å². The SMILES string of the molecule is COCC(=O)N(CC(C)C)C[C@@H]1CN(Cc2ccccc2Cl)C[C@@H]1c1ccc(F)cc1. The fraction of sp³-hybridized carbons (Fsp3) is 0.480. The van der Waals surface area contributed by atoms with E-state index in [4.69, 9.17) is 16.3 Å². The molecule has 0 aromatic heterocycles. The average molecular weight is 447 g/mol. The number of benzene rings is 2. The van der Waals surface area contributed by atoms with Crippen LogP contribution < -0.4 is 0 Å². The van der Waals surface area contributed by atoms with Crippen LogP contribution in [0.2, 0.25) is 5.02 Å². The number of ether oxygens (including phenoxy) is 1. The lowest BCUT2D eigenvalue weighted by Crippen LogP contribution is -2.41. The normalized spacial score (nSPS) is 19.2. The molecular weight excluding hydrogens is 415 g/mol. The van der Waals surface area contributed by atoms with Crippen LogP contribution in [0.25, 0.3) is 0 Å². The number of rotatable bonds is 9. The Morgan fingerprint density at radius 2 is 1.90 bits per heavy atom. The zero-order chi connectivity index (χ0) is 22.4. The zero-order valence-corrected chi connectivity index (χ0v) is 19.3. The summed E-state index contributed by atoms with van der Waals surface area (Å²) in [7, 11) is 1.55. The van der Waals surface area contributed by atoms with Crippen molar-refractivity contribution in [3.8, 4) is 0 Å². The van der Waals surface area contributed by atoms with E-state index in [-0.39, 0.29) is 30.2 Å². The largest absolute Gasteiger partial charge is 0.375 e. The highest BCUT2D eigenvalue weighted by Gasteiger charge is 2.36. The van der Waals surface area contributed by atoms with Crippen LogP contribution in [-0.4, -0.2) is 55.6 Å². The third-order valence-corrected chi connectivity index (χ3v) is 6.20. The first-order valence-electron chi connectivity index (χ1n) is 10.8. The molecular formula is C25H32ClFN2O2. The van der Waals surface area contributed by atoms with E-state index >= 15 is 0 Å². The van der Waals surface area contributed by atoms with E-state index < -0.39 is 0 Å². The maximum Gasteiger partial charge on any atom is 0.248 e. The molecule has 1 fully saturated rings. The Labute approximate surface area is 189 Å². The smallest absolute Gasteiger partial charge is 0.248 e. The van der Waals surface area contributed by atoms with Gasteiger partial charge in [0.25, 0.3) is 0 Å². The number of halogens is 2. The molecule has 0 aliphatic carbocycles. The molecule has 1 heterocycles. The minimum atomic E-state index is -0.233. The van der Waals surface area contributed by atoms with Gasteiger partial charge in [0.15, 0.2) is 0 Å². The number of hydrogen-bond acceptors (Lipinski definition) is 3. The molecule has 6 heteroatoms. The maximum absolute atomic E-state index is 13.5. The second-order valence-corrected chi connectivity index (χ2v) is 9.24. The first kappa shape index (κ1) is 23.7. The van der Waals surface area contributed by atoms with Crippen molar-refractivity contribution in [3.63, 3.8) is 0 Å². The van der Waals surface area contributed by atoms with Crippen LogP contribution in [0.15, 0.2) is 48.5 Å². The van der Waals surface area contributed by atoms with Crippen LogP contribution in [0.3, 0.4) is 0 Å². The number of likely N-dealkylation sites (tertiary alicyclic amines) is 1. The summed E-state index contributed by atoms with van der Waals surface area (Å²) in [6.07, 6.45) is 0. The predicted octanol–water partition coefficient (Wildman–Crippen LogP) is 4.83. The van der Waals surface area contributed by atoms with Gasteiger partial charge in [-0.15, -0.1) is 0 Å². The van der Waals surface area contributed by atoms with Gasteiger partial charge in [-0.05, 0) is 41.2 Å². The van der Waals surface area contributed by atoms with Gasteiger partial charge in [-0.3, -0.25) is 9.69 Å². The molecule has 0 saturated carbocycles. The second kappa shape index (κ2) is 11.1. The highest BCUT2D eigenvalue weighted by Crippen LogP contribution is 2.35. The van der Waals surface area contributed by atoms with Crippen LogP contribution in [0.4, 0.5) is 4.39 Å². The van der Waals surface area contributed by atoms with Gasteiger partial charge < -0.3 is 9.64 Å². The Bertz CT molecular complexity index is 859. The minimum Gasteiger partial charge on any atom is -0.375 e. The Hall–Kier alpha value is -1.95. The van der Waals surface area contributed by atoms with Gasteiger partial charge in [-0.1, -0.05) is 55.8 Å². The van der Waals surface area contributed by atoms with E-state index in [9.17, 15) is 9.18 Å². The van der Waals surface area contributed by atoms with E-state index in [0.29, 0.717) is 19.0 Å². The number of carbonyl (C=O) groups excluding carboxylic acids is 1. The molecule has 2 aromatic carbocycles. The molecule has 4 nitrogen and oxygen atoms in total. The monoisotopic (exact) mass is 446 g/mol. The standard InChI is InChI=1S/C25H32ClFN2O2/c1-18(2)12-29(25(30)17-31-3)15-21-14-28(13-20-6-4-5-7-24(20)26)16-23(21)19-8-10-22(27)11-9-19/h4-11,18,21,23H,12-17H2,1-3H3/t21-,23+/m0/s1. The first-order chi connectivity index (χ1) is 14.9. The molecule has 0 spiro atoms. The molecule has 1 aliphatic rings. The van der Waals surface area contributed by atoms with Crippen molar-refractivity contribution >= 4 is 17.5 Å². The van der Waals surface area contributed by atoms with E-state index in [2.05, 4.69) is 24.8 Å². The minimum absolute atomic E-state index is 0.0126. The summed E-state index contributed by atoms with van der Waals surface area (Å²) < 4.78 is 18.6. The van der Waals surface area contributed by atoms with Crippen LogP contribution in [0.5, 0.6) is 0 Å². The molecule has 1 amide bonds. The lowest BCUT2D eigenvalue weighted by molar-refractivity contribution is -0.136. The third-order valence-electron chi connectivity index (χ3n) is 5.83. The Kier molecular flexibility index (Phi) is 8.47. The summed E-state index contributed by atoms with van der Waals surface area (Å²) in [4.78, 5) is 17.0. The summed E-state index contributed by atoms with van der Waals surface area (Å²) in [5, 5.41) is 0.765. The fourth-order valence-electron chi connectivity index (χ4n) is 4.45. The molecule has 168 valence electrons. The number of carbonyl (C=O) groups is 1. The van der Waals surface area contributed by atoms with E-state index in [1.165, 1.54) is 12.1 Å². The first-order valence-corrected chi connectivity index (χ1v) is 11.2. The molecule has 0 unspecified atom stereocenters. The maximum atomic E-state index is 13.5. The Morgan fingerprint density at radius 1 is 1.19 bits per heavy atom. The summed E-state index contributed by atoms with van der Waals surface area (Å²) in [6, 6.07) is 14.7. The van der Waals surface area contributed by atoms with Gasteiger partial charge in [0.1, 0.15) is 12.4 Å². The van der Waals surface area contributed by atoms with Crippen molar-refractivity contribution in [1.82, 2.24) is 9.80 Å². The quantitative estimate of drug-likeness (QED) is 0.553. The van der Waals surface area contributed by atoms with Crippen molar-refractivity contribution in [2.75, 3.05) is 39.9 Å². The van der Waals surface area contributed by atoms with E-state index in [0.717, 1.165) is 35.8 Å². The molecule has 0 bridgehead atoms. The summed E-state index contributed by atoms with van der Waals surface area (Å²) in [5.41, 5.74) is 2.20. The molecule has 2 atom stereocenters. The number of hydrogen-bond donors (Lipinski definition) is 0. The predicted molar refractivity (Wildman–Crippen MR) is 123 cm³/mol. The van der Waals surface area contributed by atoms with Gasteiger partial charge in [0.2, 0.25) is 5.91 Å². The second-order valence-electron chi connectivity index (χ2n) is 8.83. The third kappa shape index (κ3) is 6.52. The highest BCUT2D eigenvalue weighted by molar-refractivity contribution is 6.31. The van der Waals surface area contributed by atoms with Crippen LogP contribution >= 0.6 is 11.6 Å². The lowest BCUT2D eigenvalue weighted by Gasteiger charge is -2.30. The van der Waals surface area contributed by atoms with Gasteiger partial charge in [0.05, 0.1) is 0 Å². The van der Waals surface area contributed by atoms with Crippen LogP contribution in [0.1, 0.15) is 30.9 Å². The van der Waals surface area contributed by atoms with Crippen molar-refractivity contribution in [2.45, 2.75) is 26.3 Å². The summed E-state index contributed by atoms with van der Waals surface area (Å²) in [6.45, 7) is 8.11. The Balaban J connectivity index is 1.81. The number of nitrogens with zero attached hydrogens (tertiary/aromatic N) is 2. The van der Waals surface area contributed by atoms with Crippen LogP contribution in [0, 0.1) is 17.7 Å². The van der Waals surface area contributed by atoms with Crippen molar-refractivity contribution in [2.24, 2.45) is 11.8 Å². The molecule has 1 aliphatic heterocycles. The highest BCUT2D eigenvalue weighted by atomic mass is 35.5.